The summed E-state index contributed by atoms with van der Waals surface area (Å²) in [6, 6.07) is 16.7. The predicted molar refractivity (Wildman–Crippen MR) is 82.1 cm³/mol. The Balaban J connectivity index is 2.08. The smallest absolute Gasteiger partial charge is 0.0409 e. The van der Waals surface area contributed by atoms with Gasteiger partial charge in [0.25, 0.3) is 0 Å². The first kappa shape index (κ1) is 12.5. The summed E-state index contributed by atoms with van der Waals surface area (Å²) in [5, 5.41) is 0.809. The van der Waals surface area contributed by atoms with Crippen LogP contribution in [0.25, 0.3) is 11.6 Å². The van der Waals surface area contributed by atoms with Crippen LogP contribution in [0.4, 0.5) is 0 Å². The fourth-order valence-corrected chi connectivity index (χ4v) is 2.74. The van der Waals surface area contributed by atoms with E-state index in [-0.39, 0.29) is 0 Å². The fraction of sp³-hybridized carbons (Fsp3) is 0.176. The van der Waals surface area contributed by atoms with Gasteiger partial charge >= 0.3 is 0 Å². The average Bonchev–Trinajstić information content (AvgIpc) is 2.57. The van der Waals surface area contributed by atoms with Crippen LogP contribution in [-0.4, -0.2) is 18.5 Å². The van der Waals surface area contributed by atoms with E-state index >= 15 is 0 Å². The van der Waals surface area contributed by atoms with Crippen molar-refractivity contribution in [2.45, 2.75) is 6.54 Å². The minimum absolute atomic E-state index is 0.809. The highest BCUT2D eigenvalue weighted by atomic mass is 35.5. The highest BCUT2D eigenvalue weighted by molar-refractivity contribution is 6.30. The Kier molecular flexibility index (Phi) is 3.41. The van der Waals surface area contributed by atoms with E-state index in [4.69, 9.17) is 11.6 Å². The molecule has 2 heteroatoms. The van der Waals surface area contributed by atoms with Gasteiger partial charge in [0.2, 0.25) is 0 Å². The van der Waals surface area contributed by atoms with E-state index in [1.165, 1.54) is 22.3 Å². The molecule has 0 aliphatic carbocycles. The van der Waals surface area contributed by atoms with Gasteiger partial charge < -0.3 is 0 Å². The van der Waals surface area contributed by atoms with Crippen LogP contribution in [0.3, 0.4) is 0 Å². The quantitative estimate of drug-likeness (QED) is 0.745. The second-order valence-corrected chi connectivity index (χ2v) is 5.49. The van der Waals surface area contributed by atoms with E-state index in [2.05, 4.69) is 60.5 Å². The zero-order chi connectivity index (χ0) is 13.2. The second-order valence-electron chi connectivity index (χ2n) is 5.05. The van der Waals surface area contributed by atoms with Crippen molar-refractivity contribution >= 4 is 23.3 Å². The third-order valence-corrected chi connectivity index (χ3v) is 3.69. The van der Waals surface area contributed by atoms with E-state index in [0.717, 1.165) is 18.1 Å². The van der Waals surface area contributed by atoms with Crippen LogP contribution in [0.2, 0.25) is 5.02 Å². The van der Waals surface area contributed by atoms with Gasteiger partial charge in [0.05, 0.1) is 0 Å². The molecule has 0 aromatic heterocycles. The van der Waals surface area contributed by atoms with Gasteiger partial charge in [-0.2, -0.15) is 0 Å². The van der Waals surface area contributed by atoms with Crippen molar-refractivity contribution in [1.82, 2.24) is 4.90 Å². The third kappa shape index (κ3) is 2.73. The highest BCUT2D eigenvalue weighted by Crippen LogP contribution is 2.27. The highest BCUT2D eigenvalue weighted by Gasteiger charge is 2.13. The Morgan fingerprint density at radius 1 is 1.00 bits per heavy atom. The van der Waals surface area contributed by atoms with Crippen LogP contribution in [0, 0.1) is 0 Å². The summed E-state index contributed by atoms with van der Waals surface area (Å²) in [7, 11) is 2.15. The monoisotopic (exact) mass is 269 g/mol. The van der Waals surface area contributed by atoms with Crippen molar-refractivity contribution in [1.29, 1.82) is 0 Å². The zero-order valence-electron chi connectivity index (χ0n) is 10.9. The summed E-state index contributed by atoms with van der Waals surface area (Å²) >= 11 is 6.09. The zero-order valence-corrected chi connectivity index (χ0v) is 11.7. The molecule has 1 heterocycles. The first-order valence-corrected chi connectivity index (χ1v) is 6.83. The van der Waals surface area contributed by atoms with Crippen LogP contribution in [-0.2, 0) is 6.54 Å². The summed E-state index contributed by atoms with van der Waals surface area (Å²) < 4.78 is 0. The molecule has 2 aromatic carbocycles. The predicted octanol–water partition coefficient (Wildman–Crippen LogP) is 4.33. The Morgan fingerprint density at radius 2 is 1.79 bits per heavy atom. The molecule has 96 valence electrons. The molecule has 0 saturated heterocycles. The minimum atomic E-state index is 0.809. The lowest BCUT2D eigenvalue weighted by Crippen LogP contribution is -2.18. The van der Waals surface area contributed by atoms with E-state index < -0.39 is 0 Å². The van der Waals surface area contributed by atoms with Gasteiger partial charge in [0.15, 0.2) is 0 Å². The molecule has 0 fully saturated rings. The van der Waals surface area contributed by atoms with Crippen molar-refractivity contribution in [2.24, 2.45) is 0 Å². The summed E-state index contributed by atoms with van der Waals surface area (Å²) in [4.78, 5) is 2.32. The first-order valence-electron chi connectivity index (χ1n) is 6.45. The molecule has 0 radical (unpaired) electrons. The summed E-state index contributed by atoms with van der Waals surface area (Å²) in [5.74, 6) is 0. The molecule has 0 unspecified atom stereocenters. The van der Waals surface area contributed by atoms with E-state index in [1.807, 2.05) is 6.07 Å². The third-order valence-electron chi connectivity index (χ3n) is 3.46. The van der Waals surface area contributed by atoms with E-state index in [9.17, 15) is 0 Å². The molecule has 1 aliphatic heterocycles. The Hall–Kier alpha value is -1.57. The maximum Gasteiger partial charge on any atom is 0.0409 e. The van der Waals surface area contributed by atoms with Gasteiger partial charge in [0, 0.05) is 18.1 Å². The van der Waals surface area contributed by atoms with Crippen LogP contribution >= 0.6 is 11.6 Å². The van der Waals surface area contributed by atoms with Crippen molar-refractivity contribution in [2.75, 3.05) is 13.6 Å². The molecule has 1 aliphatic rings. The lowest BCUT2D eigenvalue weighted by Gasteiger charge is -2.16. The summed E-state index contributed by atoms with van der Waals surface area (Å²) in [5.41, 5.74) is 5.20. The molecule has 19 heavy (non-hydrogen) atoms. The SMILES string of the molecule is CN1CC(c2ccccc2)=Cc2ccc(Cl)cc2C1. The van der Waals surface area contributed by atoms with Gasteiger partial charge in [-0.25, -0.2) is 0 Å². The minimum Gasteiger partial charge on any atom is -0.298 e. The van der Waals surface area contributed by atoms with Gasteiger partial charge in [-0.05, 0) is 47.5 Å². The van der Waals surface area contributed by atoms with Crippen molar-refractivity contribution < 1.29 is 0 Å². The number of hydrogen-bond acceptors (Lipinski definition) is 1. The molecule has 1 nitrogen and oxygen atoms in total. The second kappa shape index (κ2) is 5.20. The molecule has 0 atom stereocenters. The number of hydrogen-bond donors (Lipinski definition) is 0. The van der Waals surface area contributed by atoms with E-state index in [0.29, 0.717) is 0 Å². The van der Waals surface area contributed by atoms with Gasteiger partial charge in [-0.3, -0.25) is 4.90 Å². The molecule has 0 bridgehead atoms. The molecular weight excluding hydrogens is 254 g/mol. The maximum atomic E-state index is 6.09. The van der Waals surface area contributed by atoms with Crippen LogP contribution in [0.5, 0.6) is 0 Å². The molecule has 3 rings (SSSR count). The molecule has 0 saturated carbocycles. The van der Waals surface area contributed by atoms with Gasteiger partial charge in [-0.1, -0.05) is 48.0 Å². The Morgan fingerprint density at radius 3 is 2.58 bits per heavy atom. The lowest BCUT2D eigenvalue weighted by atomic mass is 10.0. The first-order chi connectivity index (χ1) is 9.22. The van der Waals surface area contributed by atoms with Gasteiger partial charge in [0.1, 0.15) is 0 Å². The van der Waals surface area contributed by atoms with E-state index in [1.54, 1.807) is 0 Å². The summed E-state index contributed by atoms with van der Waals surface area (Å²) in [6.07, 6.45) is 2.28. The number of nitrogens with zero attached hydrogens (tertiary/aromatic N) is 1. The number of rotatable bonds is 1. The van der Waals surface area contributed by atoms with Crippen molar-refractivity contribution in [3.8, 4) is 0 Å². The Labute approximate surface area is 119 Å². The number of benzene rings is 2. The number of halogens is 1. The molecule has 0 spiro atoms. The fourth-order valence-electron chi connectivity index (χ4n) is 2.55. The standard InChI is InChI=1S/C17H16ClN/c1-19-11-15(13-5-3-2-4-6-13)9-14-7-8-17(18)10-16(14)12-19/h2-10H,11-12H2,1H3. The Bertz CT molecular complexity index is 616. The summed E-state index contributed by atoms with van der Waals surface area (Å²) in [6.45, 7) is 1.89. The average molecular weight is 270 g/mol. The topological polar surface area (TPSA) is 3.24 Å². The normalized spacial score (nSPS) is 15.6. The molecule has 0 N–H and O–H groups in total. The number of likely N-dealkylation sites (N-methyl/N-ethyl adjacent to an activating group) is 1. The van der Waals surface area contributed by atoms with Crippen LogP contribution in [0.15, 0.2) is 48.5 Å². The molecular formula is C17H16ClN. The maximum absolute atomic E-state index is 6.09. The largest absolute Gasteiger partial charge is 0.298 e. The molecule has 2 aromatic rings. The number of fused-ring (bicyclic) bond motifs is 1. The lowest BCUT2D eigenvalue weighted by molar-refractivity contribution is 0.371. The van der Waals surface area contributed by atoms with Crippen molar-refractivity contribution in [3.05, 3.63) is 70.2 Å². The van der Waals surface area contributed by atoms with Crippen LogP contribution < -0.4 is 0 Å². The molecule has 0 amide bonds. The van der Waals surface area contributed by atoms with Gasteiger partial charge in [-0.15, -0.1) is 0 Å². The van der Waals surface area contributed by atoms with Crippen molar-refractivity contribution in [3.63, 3.8) is 0 Å². The van der Waals surface area contributed by atoms with Crippen LogP contribution in [0.1, 0.15) is 16.7 Å².